The van der Waals surface area contributed by atoms with Crippen molar-refractivity contribution >= 4 is 34.8 Å². The largest absolute Gasteiger partial charge is 0.434 e. The van der Waals surface area contributed by atoms with Crippen LogP contribution in [0.5, 0.6) is 0 Å². The highest BCUT2D eigenvalue weighted by Gasteiger charge is 2.40. The van der Waals surface area contributed by atoms with Crippen LogP contribution < -0.4 is 16.0 Å². The van der Waals surface area contributed by atoms with E-state index in [1.54, 1.807) is 4.90 Å². The van der Waals surface area contributed by atoms with E-state index in [0.717, 1.165) is 19.0 Å². The topological polar surface area (TPSA) is 71.2 Å². The van der Waals surface area contributed by atoms with Crippen molar-refractivity contribution in [2.45, 2.75) is 44.4 Å². The molecule has 32 heavy (non-hydrogen) atoms. The number of benzene rings is 1. The Morgan fingerprint density at radius 1 is 1.22 bits per heavy atom. The molecule has 1 aromatic heterocycles. The molecule has 1 amide bonds. The van der Waals surface area contributed by atoms with Gasteiger partial charge in [-0.1, -0.05) is 23.2 Å². The van der Waals surface area contributed by atoms with Crippen molar-refractivity contribution in [3.63, 3.8) is 0 Å². The lowest BCUT2D eigenvalue weighted by Gasteiger charge is -2.27. The monoisotopic (exact) mass is 486 g/mol. The van der Waals surface area contributed by atoms with Crippen LogP contribution in [0.15, 0.2) is 24.4 Å². The average Bonchev–Trinajstić information content (AvgIpc) is 3.46. The van der Waals surface area contributed by atoms with Gasteiger partial charge in [0, 0.05) is 47.0 Å². The number of halogens is 5. The summed E-state index contributed by atoms with van der Waals surface area (Å²) in [4.78, 5) is 18.6. The molecule has 1 unspecified atom stereocenters. The van der Waals surface area contributed by atoms with Gasteiger partial charge in [-0.2, -0.15) is 13.2 Å². The number of nitrogens with one attached hydrogen (secondary N) is 1. The van der Waals surface area contributed by atoms with E-state index in [-0.39, 0.29) is 44.5 Å². The van der Waals surface area contributed by atoms with Gasteiger partial charge < -0.3 is 16.0 Å². The fraction of sp³-hybridized carbons (Fsp3) is 0.455. The summed E-state index contributed by atoms with van der Waals surface area (Å²) in [6.07, 6.45) is -1.11. The highest BCUT2D eigenvalue weighted by Crippen LogP contribution is 2.45. The first-order chi connectivity index (χ1) is 15.0. The van der Waals surface area contributed by atoms with Crippen molar-refractivity contribution in [2.75, 3.05) is 18.0 Å². The van der Waals surface area contributed by atoms with E-state index in [2.05, 4.69) is 10.3 Å². The quantitative estimate of drug-likeness (QED) is 0.613. The summed E-state index contributed by atoms with van der Waals surface area (Å²) in [6.45, 7) is 2.64. The van der Waals surface area contributed by atoms with Gasteiger partial charge in [0.15, 0.2) is 5.69 Å². The Hall–Kier alpha value is -2.03. The minimum absolute atomic E-state index is 0.0747. The molecule has 3 N–H and O–H groups in total. The molecule has 2 aliphatic rings. The lowest BCUT2D eigenvalue weighted by molar-refractivity contribution is -0.140. The zero-order valence-corrected chi connectivity index (χ0v) is 18.9. The van der Waals surface area contributed by atoms with Gasteiger partial charge >= 0.3 is 6.18 Å². The second kappa shape index (κ2) is 8.72. The molecular formula is C22H23Cl2F3N4O. The molecule has 0 radical (unpaired) electrons. The van der Waals surface area contributed by atoms with E-state index in [1.165, 1.54) is 18.2 Å². The van der Waals surface area contributed by atoms with Crippen LogP contribution in [-0.4, -0.2) is 36.1 Å². The maximum Gasteiger partial charge on any atom is 0.434 e. The summed E-state index contributed by atoms with van der Waals surface area (Å²) < 4.78 is 42.2. The van der Waals surface area contributed by atoms with Crippen LogP contribution in [-0.2, 0) is 6.18 Å². The first-order valence-electron chi connectivity index (χ1n) is 10.4. The van der Waals surface area contributed by atoms with Crippen LogP contribution in [0.4, 0.5) is 18.9 Å². The number of pyridine rings is 1. The second-order valence-corrected chi connectivity index (χ2v) is 9.37. The molecule has 10 heteroatoms. The van der Waals surface area contributed by atoms with Crippen LogP contribution in [0.2, 0.25) is 10.0 Å². The summed E-state index contributed by atoms with van der Waals surface area (Å²) in [7, 11) is 0. The van der Waals surface area contributed by atoms with Crippen molar-refractivity contribution in [3.05, 3.63) is 45.7 Å². The predicted octanol–water partition coefficient (Wildman–Crippen LogP) is 5.14. The number of nitrogens with two attached hydrogens (primary N) is 1. The van der Waals surface area contributed by atoms with Gasteiger partial charge in [0.25, 0.3) is 5.91 Å². The minimum Gasteiger partial charge on any atom is -0.369 e. The molecule has 4 rings (SSSR count). The van der Waals surface area contributed by atoms with Gasteiger partial charge in [-0.05, 0) is 55.9 Å². The van der Waals surface area contributed by atoms with Gasteiger partial charge in [0.1, 0.15) is 0 Å². The number of hydrogen-bond donors (Lipinski definition) is 2. The highest BCUT2D eigenvalue weighted by molar-refractivity contribution is 6.35. The Kier molecular flexibility index (Phi) is 6.31. The third-order valence-corrected chi connectivity index (χ3v) is 6.38. The summed E-state index contributed by atoms with van der Waals surface area (Å²) >= 11 is 12.2. The maximum absolute atomic E-state index is 14.1. The molecule has 0 spiro atoms. The van der Waals surface area contributed by atoms with Crippen molar-refractivity contribution < 1.29 is 18.0 Å². The first kappa shape index (κ1) is 23.1. The summed E-state index contributed by atoms with van der Waals surface area (Å²) in [5.74, 6) is -0.0771. The third-order valence-electron chi connectivity index (χ3n) is 5.94. The van der Waals surface area contributed by atoms with Gasteiger partial charge in [-0.15, -0.1) is 0 Å². The van der Waals surface area contributed by atoms with Crippen LogP contribution in [0.1, 0.15) is 42.2 Å². The number of carbonyl (C=O) groups excluding carboxylic acids is 1. The number of rotatable bonds is 5. The number of carbonyl (C=O) groups is 1. The molecule has 1 saturated heterocycles. The normalized spacial score (nSPS) is 19.8. The standard InChI is InChI=1S/C22H23Cl2F3N4O/c1-11(12-2-3-12)30-21(32)17-9-29-20(22(25,26)27)18(13-6-14(23)8-15(24)7-13)19(17)31-5-4-16(28)10-31/h6-9,11-12,16H,2-5,10,28H2,1H3,(H,30,32)/t11?,16-/m0/s1. The Labute approximate surface area is 194 Å². The van der Waals surface area contributed by atoms with Gasteiger partial charge in [-0.25, -0.2) is 0 Å². The van der Waals surface area contributed by atoms with Gasteiger partial charge in [0.2, 0.25) is 0 Å². The lowest BCUT2D eigenvalue weighted by Crippen LogP contribution is -2.36. The van der Waals surface area contributed by atoms with Crippen LogP contribution in [0.3, 0.4) is 0 Å². The van der Waals surface area contributed by atoms with E-state index in [9.17, 15) is 18.0 Å². The third kappa shape index (κ3) is 4.82. The Morgan fingerprint density at radius 3 is 2.41 bits per heavy atom. The summed E-state index contributed by atoms with van der Waals surface area (Å²) in [5, 5.41) is 3.29. The van der Waals surface area contributed by atoms with E-state index in [1.807, 2.05) is 6.92 Å². The van der Waals surface area contributed by atoms with Crippen molar-refractivity contribution in [2.24, 2.45) is 11.7 Å². The number of anilines is 1. The number of hydrogen-bond acceptors (Lipinski definition) is 4. The molecule has 1 saturated carbocycles. The summed E-state index contributed by atoms with van der Waals surface area (Å²) in [6, 6.07) is 3.94. The number of alkyl halides is 3. The highest BCUT2D eigenvalue weighted by atomic mass is 35.5. The van der Waals surface area contributed by atoms with E-state index in [4.69, 9.17) is 28.9 Å². The van der Waals surface area contributed by atoms with E-state index < -0.39 is 17.8 Å². The van der Waals surface area contributed by atoms with Crippen LogP contribution in [0, 0.1) is 5.92 Å². The lowest BCUT2D eigenvalue weighted by atomic mass is 9.97. The smallest absolute Gasteiger partial charge is 0.369 e. The molecule has 1 aliphatic carbocycles. The van der Waals surface area contributed by atoms with Crippen LogP contribution >= 0.6 is 23.2 Å². The molecule has 1 aliphatic heterocycles. The second-order valence-electron chi connectivity index (χ2n) is 8.49. The molecule has 2 aromatic rings. The first-order valence-corrected chi connectivity index (χ1v) is 11.2. The maximum atomic E-state index is 14.1. The van der Waals surface area contributed by atoms with E-state index in [0.29, 0.717) is 25.4 Å². The fourth-order valence-corrected chi connectivity index (χ4v) is 4.70. The van der Waals surface area contributed by atoms with E-state index >= 15 is 0 Å². The zero-order valence-electron chi connectivity index (χ0n) is 17.3. The van der Waals surface area contributed by atoms with Crippen molar-refractivity contribution in [1.82, 2.24) is 10.3 Å². The number of nitrogens with zero attached hydrogens (tertiary/aromatic N) is 2. The van der Waals surface area contributed by atoms with Gasteiger partial charge in [-0.3, -0.25) is 9.78 Å². The van der Waals surface area contributed by atoms with Gasteiger partial charge in [0.05, 0.1) is 11.3 Å². The fourth-order valence-electron chi connectivity index (χ4n) is 4.17. The number of aromatic nitrogens is 1. The minimum atomic E-state index is -4.75. The molecule has 2 fully saturated rings. The van der Waals surface area contributed by atoms with Crippen molar-refractivity contribution in [3.8, 4) is 11.1 Å². The van der Waals surface area contributed by atoms with Crippen molar-refractivity contribution in [1.29, 1.82) is 0 Å². The zero-order chi connectivity index (χ0) is 23.2. The number of amides is 1. The molecule has 2 heterocycles. The molecular weight excluding hydrogens is 464 g/mol. The van der Waals surface area contributed by atoms with Crippen LogP contribution in [0.25, 0.3) is 11.1 Å². The predicted molar refractivity (Wildman–Crippen MR) is 119 cm³/mol. The molecule has 0 bridgehead atoms. The Bertz CT molecular complexity index is 1020. The average molecular weight is 487 g/mol. The molecule has 2 atom stereocenters. The SMILES string of the molecule is CC(NC(=O)c1cnc(C(F)(F)F)c(-c2cc(Cl)cc(Cl)c2)c1N1CC[C@H](N)C1)C1CC1. The molecule has 172 valence electrons. The summed E-state index contributed by atoms with van der Waals surface area (Å²) in [5.41, 5.74) is 5.11. The Balaban J connectivity index is 1.93. The molecule has 5 nitrogen and oxygen atoms in total. The molecule has 1 aromatic carbocycles. The Morgan fingerprint density at radius 2 is 1.88 bits per heavy atom.